The molecule has 2 heteroatoms. The molecule has 2 aliphatic rings. The van der Waals surface area contributed by atoms with Crippen LogP contribution in [0, 0.1) is 11.8 Å². The minimum Gasteiger partial charge on any atom is -0.387 e. The highest BCUT2D eigenvalue weighted by molar-refractivity contribution is 5.83. The van der Waals surface area contributed by atoms with Gasteiger partial charge in [-0.15, -0.1) is 0 Å². The number of nitrogens with zero attached hydrogens (tertiary/aromatic N) is 1. The molecule has 0 amide bonds. The number of amidine groups is 1. The second-order valence-electron chi connectivity index (χ2n) is 5.81. The Labute approximate surface area is 99.7 Å². The molecule has 2 rings (SSSR count). The minimum absolute atomic E-state index is 0.533. The summed E-state index contributed by atoms with van der Waals surface area (Å²) in [5.41, 5.74) is 6.17. The van der Waals surface area contributed by atoms with Crippen LogP contribution in [0.2, 0.25) is 0 Å². The van der Waals surface area contributed by atoms with Crippen LogP contribution in [0.1, 0.15) is 64.7 Å². The zero-order chi connectivity index (χ0) is 11.4. The molecule has 16 heavy (non-hydrogen) atoms. The molecule has 0 aliphatic heterocycles. The summed E-state index contributed by atoms with van der Waals surface area (Å²) in [6, 6.07) is 0.533. The van der Waals surface area contributed by atoms with Gasteiger partial charge >= 0.3 is 0 Å². The van der Waals surface area contributed by atoms with Crippen LogP contribution in [0.15, 0.2) is 4.99 Å². The molecule has 0 aromatic carbocycles. The first-order chi connectivity index (χ1) is 7.75. The topological polar surface area (TPSA) is 38.4 Å². The largest absolute Gasteiger partial charge is 0.387 e. The summed E-state index contributed by atoms with van der Waals surface area (Å²) in [5, 5.41) is 0. The summed E-state index contributed by atoms with van der Waals surface area (Å²) in [6.07, 6.45) is 11.9. The summed E-state index contributed by atoms with van der Waals surface area (Å²) >= 11 is 0. The zero-order valence-corrected chi connectivity index (χ0v) is 10.6. The van der Waals surface area contributed by atoms with Gasteiger partial charge < -0.3 is 5.73 Å². The van der Waals surface area contributed by atoms with Crippen LogP contribution >= 0.6 is 0 Å². The van der Waals surface area contributed by atoms with E-state index in [0.29, 0.717) is 12.0 Å². The van der Waals surface area contributed by atoms with Gasteiger partial charge in [-0.25, -0.2) is 0 Å². The minimum atomic E-state index is 0.533. The molecule has 0 bridgehead atoms. The number of nitrogens with two attached hydrogens (primary N) is 1. The number of rotatable bonds is 2. The predicted octanol–water partition coefficient (Wildman–Crippen LogP) is 3.50. The van der Waals surface area contributed by atoms with E-state index in [0.717, 1.165) is 11.8 Å². The molecule has 2 fully saturated rings. The van der Waals surface area contributed by atoms with E-state index in [9.17, 15) is 0 Å². The lowest BCUT2D eigenvalue weighted by Crippen LogP contribution is -2.29. The third-order valence-corrected chi connectivity index (χ3v) is 4.26. The zero-order valence-electron chi connectivity index (χ0n) is 10.6. The molecule has 0 heterocycles. The monoisotopic (exact) mass is 222 g/mol. The molecule has 2 saturated carbocycles. The van der Waals surface area contributed by atoms with Crippen molar-refractivity contribution in [1.29, 1.82) is 0 Å². The van der Waals surface area contributed by atoms with Crippen molar-refractivity contribution in [2.45, 2.75) is 70.8 Å². The Morgan fingerprint density at radius 3 is 2.44 bits per heavy atom. The van der Waals surface area contributed by atoms with Crippen molar-refractivity contribution in [2.75, 3.05) is 0 Å². The summed E-state index contributed by atoms with van der Waals surface area (Å²) in [6.45, 7) is 2.35. The quantitative estimate of drug-likeness (QED) is 0.563. The van der Waals surface area contributed by atoms with Crippen molar-refractivity contribution in [3.05, 3.63) is 0 Å². The Hall–Kier alpha value is -0.530. The van der Waals surface area contributed by atoms with Gasteiger partial charge in [0.15, 0.2) is 0 Å². The SMILES string of the molecule is CC1CCCC(N=C(N)C2CCCCC2)C1. The van der Waals surface area contributed by atoms with E-state index >= 15 is 0 Å². The van der Waals surface area contributed by atoms with Crippen molar-refractivity contribution in [2.24, 2.45) is 22.6 Å². The average Bonchev–Trinajstić information content (AvgIpc) is 2.30. The van der Waals surface area contributed by atoms with Crippen LogP contribution in [0.3, 0.4) is 0 Å². The fraction of sp³-hybridized carbons (Fsp3) is 0.929. The predicted molar refractivity (Wildman–Crippen MR) is 69.6 cm³/mol. The molecule has 0 radical (unpaired) electrons. The maximum Gasteiger partial charge on any atom is 0.0971 e. The van der Waals surface area contributed by atoms with Gasteiger partial charge in [-0.2, -0.15) is 0 Å². The van der Waals surface area contributed by atoms with Crippen molar-refractivity contribution in [1.82, 2.24) is 0 Å². The summed E-state index contributed by atoms with van der Waals surface area (Å²) in [5.74, 6) is 2.42. The highest BCUT2D eigenvalue weighted by atomic mass is 14.9. The highest BCUT2D eigenvalue weighted by Gasteiger charge is 2.21. The molecule has 0 saturated heterocycles. The fourth-order valence-electron chi connectivity index (χ4n) is 3.23. The maximum atomic E-state index is 6.17. The molecular weight excluding hydrogens is 196 g/mol. The molecule has 0 aromatic rings. The molecule has 2 atom stereocenters. The van der Waals surface area contributed by atoms with Crippen LogP contribution in [-0.4, -0.2) is 11.9 Å². The molecule has 2 aliphatic carbocycles. The number of aliphatic imine (C=N–C) groups is 1. The van der Waals surface area contributed by atoms with Gasteiger partial charge in [-0.05, 0) is 31.6 Å². The van der Waals surface area contributed by atoms with E-state index in [4.69, 9.17) is 10.7 Å². The average molecular weight is 222 g/mol. The Morgan fingerprint density at radius 2 is 1.75 bits per heavy atom. The van der Waals surface area contributed by atoms with Gasteiger partial charge in [-0.3, -0.25) is 4.99 Å². The molecule has 2 unspecified atom stereocenters. The van der Waals surface area contributed by atoms with Gasteiger partial charge in [0.2, 0.25) is 0 Å². The molecule has 92 valence electrons. The van der Waals surface area contributed by atoms with Crippen LogP contribution in [0.25, 0.3) is 0 Å². The van der Waals surface area contributed by atoms with E-state index in [-0.39, 0.29) is 0 Å². The van der Waals surface area contributed by atoms with Gasteiger partial charge in [0, 0.05) is 5.92 Å². The summed E-state index contributed by atoms with van der Waals surface area (Å²) in [4.78, 5) is 4.80. The van der Waals surface area contributed by atoms with Crippen LogP contribution in [0.5, 0.6) is 0 Å². The van der Waals surface area contributed by atoms with E-state index < -0.39 is 0 Å². The van der Waals surface area contributed by atoms with E-state index in [2.05, 4.69) is 6.92 Å². The van der Waals surface area contributed by atoms with Crippen LogP contribution in [0.4, 0.5) is 0 Å². The number of hydrogen-bond acceptors (Lipinski definition) is 1. The second kappa shape index (κ2) is 5.70. The van der Waals surface area contributed by atoms with E-state index in [1.165, 1.54) is 57.8 Å². The standard InChI is InChI=1S/C14H26N2/c1-11-6-5-9-13(10-11)16-14(15)12-7-3-2-4-8-12/h11-13H,2-10H2,1H3,(H2,15,16). The molecule has 2 N–H and O–H groups in total. The maximum absolute atomic E-state index is 6.17. The van der Waals surface area contributed by atoms with Gasteiger partial charge in [0.25, 0.3) is 0 Å². The molecule has 0 aromatic heterocycles. The van der Waals surface area contributed by atoms with Crippen molar-refractivity contribution < 1.29 is 0 Å². The van der Waals surface area contributed by atoms with Gasteiger partial charge in [0.05, 0.1) is 11.9 Å². The number of hydrogen-bond donors (Lipinski definition) is 1. The van der Waals surface area contributed by atoms with E-state index in [1.54, 1.807) is 0 Å². The van der Waals surface area contributed by atoms with Crippen LogP contribution in [-0.2, 0) is 0 Å². The highest BCUT2D eigenvalue weighted by Crippen LogP contribution is 2.28. The Balaban J connectivity index is 1.88. The molecule has 2 nitrogen and oxygen atoms in total. The summed E-state index contributed by atoms with van der Waals surface area (Å²) < 4.78 is 0. The smallest absolute Gasteiger partial charge is 0.0971 e. The second-order valence-corrected chi connectivity index (χ2v) is 5.81. The lowest BCUT2D eigenvalue weighted by atomic mass is 9.86. The first-order valence-electron chi connectivity index (χ1n) is 7.09. The van der Waals surface area contributed by atoms with Crippen LogP contribution < -0.4 is 5.73 Å². The molecule has 0 spiro atoms. The first-order valence-corrected chi connectivity index (χ1v) is 7.09. The Bertz CT molecular complexity index is 241. The van der Waals surface area contributed by atoms with Crippen molar-refractivity contribution >= 4 is 5.84 Å². The van der Waals surface area contributed by atoms with Gasteiger partial charge in [0.1, 0.15) is 0 Å². The Kier molecular flexibility index (Phi) is 4.25. The van der Waals surface area contributed by atoms with Gasteiger partial charge in [-0.1, -0.05) is 39.0 Å². The Morgan fingerprint density at radius 1 is 1.00 bits per heavy atom. The fourth-order valence-corrected chi connectivity index (χ4v) is 3.23. The third kappa shape index (κ3) is 3.23. The summed E-state index contributed by atoms with van der Waals surface area (Å²) in [7, 11) is 0. The van der Waals surface area contributed by atoms with E-state index in [1.807, 2.05) is 0 Å². The first kappa shape index (κ1) is 11.9. The lowest BCUT2D eigenvalue weighted by molar-refractivity contribution is 0.343. The normalized spacial score (nSPS) is 33.9. The van der Waals surface area contributed by atoms with Crippen molar-refractivity contribution in [3.8, 4) is 0 Å². The third-order valence-electron chi connectivity index (χ3n) is 4.26. The van der Waals surface area contributed by atoms with Crippen molar-refractivity contribution in [3.63, 3.8) is 0 Å². The molecular formula is C14H26N2. The lowest BCUT2D eigenvalue weighted by Gasteiger charge is -2.26.